The first-order valence-electron chi connectivity index (χ1n) is 9.24. The molecule has 1 heterocycles. The Kier molecular flexibility index (Phi) is 5.26. The number of aromatic nitrogens is 1. The summed E-state index contributed by atoms with van der Waals surface area (Å²) in [7, 11) is 1.85. The molecule has 0 bridgehead atoms. The Labute approximate surface area is 149 Å². The van der Waals surface area contributed by atoms with Gasteiger partial charge in [0, 0.05) is 24.8 Å². The Hall–Kier alpha value is -2.10. The molecule has 0 radical (unpaired) electrons. The lowest BCUT2D eigenvalue weighted by Crippen LogP contribution is -2.30. The minimum atomic E-state index is -0.210. The highest BCUT2D eigenvalue weighted by Gasteiger charge is 2.27. The number of nitrogens with zero attached hydrogens (tertiary/aromatic N) is 2. The van der Waals surface area contributed by atoms with Crippen molar-refractivity contribution in [1.29, 1.82) is 0 Å². The van der Waals surface area contributed by atoms with Crippen LogP contribution in [0, 0.1) is 12.7 Å². The van der Waals surface area contributed by atoms with Crippen LogP contribution in [-0.4, -0.2) is 29.0 Å². The van der Waals surface area contributed by atoms with E-state index in [4.69, 9.17) is 0 Å². The first-order chi connectivity index (χ1) is 12.0. The predicted octanol–water partition coefficient (Wildman–Crippen LogP) is 4.34. The lowest BCUT2D eigenvalue weighted by molar-refractivity contribution is 0.0783. The van der Waals surface area contributed by atoms with Crippen LogP contribution in [0.15, 0.2) is 24.3 Å². The summed E-state index contributed by atoms with van der Waals surface area (Å²) in [5.74, 6) is -0.163. The molecule has 1 aromatic heterocycles. The maximum absolute atomic E-state index is 14.2. The maximum Gasteiger partial charge on any atom is 0.270 e. The number of carbonyl (C=O) groups excluding carboxylic acids is 1. The van der Waals surface area contributed by atoms with E-state index in [0.29, 0.717) is 12.1 Å². The van der Waals surface area contributed by atoms with Crippen molar-refractivity contribution in [2.45, 2.75) is 52.5 Å². The van der Waals surface area contributed by atoms with E-state index in [9.17, 15) is 9.18 Å². The van der Waals surface area contributed by atoms with Gasteiger partial charge in [0.25, 0.3) is 5.91 Å². The van der Waals surface area contributed by atoms with E-state index in [2.05, 4.69) is 18.4 Å². The van der Waals surface area contributed by atoms with Crippen LogP contribution in [0.3, 0.4) is 0 Å². The molecular formula is C21H27FN2O. The molecule has 0 aliphatic heterocycles. The predicted molar refractivity (Wildman–Crippen MR) is 98.6 cm³/mol. The highest BCUT2D eigenvalue weighted by atomic mass is 19.1. The Morgan fingerprint density at radius 3 is 2.68 bits per heavy atom. The molecule has 0 saturated heterocycles. The van der Waals surface area contributed by atoms with Gasteiger partial charge in [-0.2, -0.15) is 0 Å². The first kappa shape index (κ1) is 17.7. The van der Waals surface area contributed by atoms with E-state index < -0.39 is 0 Å². The standard InChI is InChI=1S/C21H27FN2O/c1-4-13-23(3)21(25)20-15(2)17-10-6-8-12-19(17)24(20)14-16-9-5-7-11-18(16)22/h5,7,9,11H,4,6,8,10,12-14H2,1-3H3. The van der Waals surface area contributed by atoms with Crippen molar-refractivity contribution in [3.63, 3.8) is 0 Å². The molecule has 1 aromatic carbocycles. The lowest BCUT2D eigenvalue weighted by Gasteiger charge is -2.20. The second-order valence-electron chi connectivity index (χ2n) is 7.01. The van der Waals surface area contributed by atoms with Gasteiger partial charge in [-0.25, -0.2) is 4.39 Å². The number of carbonyl (C=O) groups is 1. The van der Waals surface area contributed by atoms with Crippen molar-refractivity contribution in [3.05, 3.63) is 58.2 Å². The number of amides is 1. The Morgan fingerprint density at radius 2 is 1.96 bits per heavy atom. The Balaban J connectivity index is 2.08. The number of rotatable bonds is 5. The van der Waals surface area contributed by atoms with Crippen molar-refractivity contribution >= 4 is 5.91 Å². The van der Waals surface area contributed by atoms with Crippen LogP contribution < -0.4 is 0 Å². The molecule has 0 saturated carbocycles. The molecule has 3 rings (SSSR count). The SMILES string of the molecule is CCCN(C)C(=O)c1c(C)c2c(n1Cc1ccccc1F)CCCC2. The van der Waals surface area contributed by atoms with Crippen LogP contribution in [0.2, 0.25) is 0 Å². The minimum absolute atomic E-state index is 0.0464. The monoisotopic (exact) mass is 342 g/mol. The molecule has 0 spiro atoms. The number of benzene rings is 1. The molecule has 0 unspecified atom stereocenters. The number of hydrogen-bond donors (Lipinski definition) is 0. The molecule has 3 nitrogen and oxygen atoms in total. The van der Waals surface area contributed by atoms with Gasteiger partial charge in [0.05, 0.1) is 6.54 Å². The topological polar surface area (TPSA) is 25.2 Å². The van der Waals surface area contributed by atoms with Crippen molar-refractivity contribution in [2.75, 3.05) is 13.6 Å². The van der Waals surface area contributed by atoms with Crippen molar-refractivity contribution in [3.8, 4) is 0 Å². The molecule has 1 aliphatic rings. The lowest BCUT2D eigenvalue weighted by atomic mass is 9.95. The van der Waals surface area contributed by atoms with Crippen molar-refractivity contribution in [2.24, 2.45) is 0 Å². The highest BCUT2D eigenvalue weighted by molar-refractivity contribution is 5.95. The number of halogens is 1. The van der Waals surface area contributed by atoms with E-state index >= 15 is 0 Å². The summed E-state index contributed by atoms with van der Waals surface area (Å²) in [4.78, 5) is 14.9. The molecule has 1 aliphatic carbocycles. The van der Waals surface area contributed by atoms with Gasteiger partial charge < -0.3 is 9.47 Å². The highest BCUT2D eigenvalue weighted by Crippen LogP contribution is 2.31. The summed E-state index contributed by atoms with van der Waals surface area (Å²) in [6, 6.07) is 6.86. The van der Waals surface area contributed by atoms with E-state index in [-0.39, 0.29) is 11.7 Å². The molecule has 25 heavy (non-hydrogen) atoms. The zero-order valence-electron chi connectivity index (χ0n) is 15.4. The normalized spacial score (nSPS) is 13.6. The van der Waals surface area contributed by atoms with Crippen molar-refractivity contribution in [1.82, 2.24) is 9.47 Å². The third-order valence-corrected chi connectivity index (χ3v) is 5.24. The zero-order valence-corrected chi connectivity index (χ0v) is 15.4. The molecule has 0 atom stereocenters. The third-order valence-electron chi connectivity index (χ3n) is 5.24. The average molecular weight is 342 g/mol. The van der Waals surface area contributed by atoms with Crippen LogP contribution in [0.1, 0.15) is 59.1 Å². The molecular weight excluding hydrogens is 315 g/mol. The van der Waals surface area contributed by atoms with Gasteiger partial charge in [0.2, 0.25) is 0 Å². The Bertz CT molecular complexity index is 778. The molecule has 4 heteroatoms. The molecule has 0 N–H and O–H groups in total. The summed E-state index contributed by atoms with van der Waals surface area (Å²) >= 11 is 0. The molecule has 134 valence electrons. The summed E-state index contributed by atoms with van der Waals surface area (Å²) in [5.41, 5.74) is 4.99. The fraction of sp³-hybridized carbons (Fsp3) is 0.476. The fourth-order valence-corrected chi connectivity index (χ4v) is 3.94. The van der Waals surface area contributed by atoms with E-state index in [0.717, 1.165) is 49.9 Å². The molecule has 2 aromatic rings. The second-order valence-corrected chi connectivity index (χ2v) is 7.01. The van der Waals surface area contributed by atoms with Gasteiger partial charge >= 0.3 is 0 Å². The van der Waals surface area contributed by atoms with Gasteiger partial charge in [-0.05, 0) is 56.2 Å². The largest absolute Gasteiger partial charge is 0.340 e. The number of fused-ring (bicyclic) bond motifs is 1. The fourth-order valence-electron chi connectivity index (χ4n) is 3.94. The van der Waals surface area contributed by atoms with Crippen molar-refractivity contribution < 1.29 is 9.18 Å². The van der Waals surface area contributed by atoms with Gasteiger partial charge in [-0.3, -0.25) is 4.79 Å². The van der Waals surface area contributed by atoms with Gasteiger partial charge in [0.1, 0.15) is 11.5 Å². The van der Waals surface area contributed by atoms with E-state index in [1.165, 1.54) is 17.3 Å². The zero-order chi connectivity index (χ0) is 18.0. The smallest absolute Gasteiger partial charge is 0.270 e. The maximum atomic E-state index is 14.2. The third kappa shape index (κ3) is 3.35. The molecule has 0 fully saturated rings. The summed E-state index contributed by atoms with van der Waals surface area (Å²) in [6.07, 6.45) is 5.20. The van der Waals surface area contributed by atoms with Crippen LogP contribution in [0.5, 0.6) is 0 Å². The van der Waals surface area contributed by atoms with Crippen LogP contribution in [0.25, 0.3) is 0 Å². The van der Waals surface area contributed by atoms with Gasteiger partial charge in [-0.15, -0.1) is 0 Å². The quantitative estimate of drug-likeness (QED) is 0.793. The van der Waals surface area contributed by atoms with Gasteiger partial charge in [-0.1, -0.05) is 25.1 Å². The average Bonchev–Trinajstić information content (AvgIpc) is 2.89. The summed E-state index contributed by atoms with van der Waals surface area (Å²) in [6.45, 7) is 5.27. The number of hydrogen-bond acceptors (Lipinski definition) is 1. The van der Waals surface area contributed by atoms with Crippen LogP contribution in [0.4, 0.5) is 4.39 Å². The van der Waals surface area contributed by atoms with E-state index in [1.54, 1.807) is 11.0 Å². The van der Waals surface area contributed by atoms with Crippen LogP contribution >= 0.6 is 0 Å². The minimum Gasteiger partial charge on any atom is -0.340 e. The Morgan fingerprint density at radius 1 is 1.24 bits per heavy atom. The van der Waals surface area contributed by atoms with Gasteiger partial charge in [0.15, 0.2) is 0 Å². The molecule has 1 amide bonds. The second kappa shape index (κ2) is 7.42. The summed E-state index contributed by atoms with van der Waals surface area (Å²) in [5, 5.41) is 0. The first-order valence-corrected chi connectivity index (χ1v) is 9.24. The summed E-state index contributed by atoms with van der Waals surface area (Å²) < 4.78 is 16.3. The van der Waals surface area contributed by atoms with E-state index in [1.807, 2.05) is 19.2 Å². The van der Waals surface area contributed by atoms with Crippen LogP contribution in [-0.2, 0) is 19.4 Å².